The van der Waals surface area contributed by atoms with Crippen LogP contribution in [0, 0.1) is 6.92 Å². The molecule has 0 bridgehead atoms. The van der Waals surface area contributed by atoms with Crippen LogP contribution >= 0.6 is 11.3 Å². The molecule has 3 aromatic rings. The number of amides is 1. The highest BCUT2D eigenvalue weighted by molar-refractivity contribution is 7.15. The Hall–Kier alpha value is -2.61. The van der Waals surface area contributed by atoms with Crippen LogP contribution in [0.15, 0.2) is 35.3 Å². The topological polar surface area (TPSA) is 89.8 Å². The summed E-state index contributed by atoms with van der Waals surface area (Å²) >= 11 is 1.46. The maximum atomic E-state index is 12.3. The van der Waals surface area contributed by atoms with Crippen molar-refractivity contribution in [2.75, 3.05) is 5.32 Å². The van der Waals surface area contributed by atoms with Crippen molar-refractivity contribution < 1.29 is 4.79 Å². The second kappa shape index (κ2) is 7.98. The van der Waals surface area contributed by atoms with E-state index in [0.29, 0.717) is 29.0 Å². The Labute approximate surface area is 148 Å². The average Bonchev–Trinajstić information content (AvgIpc) is 3.01. The zero-order valence-electron chi connectivity index (χ0n) is 13.9. The summed E-state index contributed by atoms with van der Waals surface area (Å²) in [6, 6.07) is 7.18. The molecule has 0 spiro atoms. The van der Waals surface area contributed by atoms with Crippen LogP contribution < -0.4 is 10.9 Å². The molecule has 0 saturated carbocycles. The van der Waals surface area contributed by atoms with Crippen LogP contribution in [-0.2, 0) is 11.3 Å². The molecule has 0 saturated heterocycles. The van der Waals surface area contributed by atoms with Crippen LogP contribution in [-0.4, -0.2) is 25.9 Å². The second-order valence-electron chi connectivity index (χ2n) is 5.77. The van der Waals surface area contributed by atoms with Crippen LogP contribution in [0.25, 0.3) is 10.9 Å². The highest BCUT2D eigenvalue weighted by Crippen LogP contribution is 2.17. The number of rotatable bonds is 7. The van der Waals surface area contributed by atoms with Crippen LogP contribution in [0.4, 0.5) is 5.13 Å². The molecule has 2 heterocycles. The predicted molar refractivity (Wildman–Crippen MR) is 97.7 cm³/mol. The molecule has 2 aromatic heterocycles. The minimum absolute atomic E-state index is 0.0305. The van der Waals surface area contributed by atoms with Crippen molar-refractivity contribution in [3.05, 3.63) is 45.7 Å². The van der Waals surface area contributed by atoms with E-state index in [1.165, 1.54) is 16.0 Å². The third kappa shape index (κ3) is 4.48. The molecule has 1 amide bonds. The Balaban J connectivity index is 1.43. The van der Waals surface area contributed by atoms with Gasteiger partial charge in [-0.3, -0.25) is 9.59 Å². The van der Waals surface area contributed by atoms with Crippen molar-refractivity contribution in [1.82, 2.24) is 20.0 Å². The number of thiazole rings is 1. The zero-order chi connectivity index (χ0) is 17.6. The lowest BCUT2D eigenvalue weighted by Gasteiger charge is -2.05. The molecule has 8 heteroatoms. The Morgan fingerprint density at radius 1 is 1.24 bits per heavy atom. The van der Waals surface area contributed by atoms with Gasteiger partial charge in [0.1, 0.15) is 5.52 Å². The first kappa shape index (κ1) is 17.2. The van der Waals surface area contributed by atoms with E-state index in [-0.39, 0.29) is 11.5 Å². The molecule has 0 fully saturated rings. The molecule has 0 aliphatic heterocycles. The van der Waals surface area contributed by atoms with Crippen molar-refractivity contribution in [3.8, 4) is 0 Å². The SMILES string of the molecule is Cc1cnc(NC(=O)CCCCCn2nnc3ccccc3c2=O)s1. The van der Waals surface area contributed by atoms with E-state index in [1.54, 1.807) is 18.3 Å². The number of anilines is 1. The Bertz CT molecular complexity index is 934. The van der Waals surface area contributed by atoms with E-state index < -0.39 is 0 Å². The van der Waals surface area contributed by atoms with Gasteiger partial charge in [-0.25, -0.2) is 9.67 Å². The first-order valence-electron chi connectivity index (χ1n) is 8.18. The smallest absolute Gasteiger partial charge is 0.277 e. The fourth-order valence-electron chi connectivity index (χ4n) is 2.49. The second-order valence-corrected chi connectivity index (χ2v) is 7.00. The number of nitrogens with zero attached hydrogens (tertiary/aromatic N) is 4. The van der Waals surface area contributed by atoms with Crippen LogP contribution in [0.1, 0.15) is 30.6 Å². The van der Waals surface area contributed by atoms with Crippen LogP contribution in [0.2, 0.25) is 0 Å². The molecule has 0 aliphatic carbocycles. The predicted octanol–water partition coefficient (Wildman–Crippen LogP) is 2.76. The van der Waals surface area contributed by atoms with Crippen molar-refractivity contribution in [1.29, 1.82) is 0 Å². The van der Waals surface area contributed by atoms with Crippen molar-refractivity contribution in [2.24, 2.45) is 0 Å². The van der Waals surface area contributed by atoms with E-state index >= 15 is 0 Å². The van der Waals surface area contributed by atoms with Gasteiger partial charge in [-0.05, 0) is 31.9 Å². The lowest BCUT2D eigenvalue weighted by Crippen LogP contribution is -2.24. The molecular formula is C17H19N5O2S. The van der Waals surface area contributed by atoms with Gasteiger partial charge in [0, 0.05) is 24.0 Å². The van der Waals surface area contributed by atoms with E-state index in [0.717, 1.165) is 24.1 Å². The molecule has 1 N–H and O–H groups in total. The first-order valence-corrected chi connectivity index (χ1v) is 9.00. The van der Waals surface area contributed by atoms with E-state index in [4.69, 9.17) is 0 Å². The number of aromatic nitrogens is 4. The van der Waals surface area contributed by atoms with Crippen molar-refractivity contribution >= 4 is 33.3 Å². The lowest BCUT2D eigenvalue weighted by atomic mass is 10.2. The van der Waals surface area contributed by atoms with Crippen molar-refractivity contribution in [3.63, 3.8) is 0 Å². The molecule has 0 unspecified atom stereocenters. The average molecular weight is 357 g/mol. The maximum Gasteiger partial charge on any atom is 0.277 e. The molecule has 1 aromatic carbocycles. The summed E-state index contributed by atoms with van der Waals surface area (Å²) in [6.07, 6.45) is 4.55. The summed E-state index contributed by atoms with van der Waals surface area (Å²) in [4.78, 5) is 29.3. The van der Waals surface area contributed by atoms with E-state index in [2.05, 4.69) is 20.6 Å². The Morgan fingerprint density at radius 2 is 2.08 bits per heavy atom. The summed E-state index contributed by atoms with van der Waals surface area (Å²) in [5.41, 5.74) is 0.486. The van der Waals surface area contributed by atoms with Gasteiger partial charge in [0.05, 0.1) is 5.39 Å². The molecule has 7 nitrogen and oxygen atoms in total. The van der Waals surface area contributed by atoms with Gasteiger partial charge in [0.15, 0.2) is 5.13 Å². The number of fused-ring (bicyclic) bond motifs is 1. The number of hydrogen-bond acceptors (Lipinski definition) is 6. The molecule has 0 radical (unpaired) electrons. The number of benzene rings is 1. The number of carbonyl (C=O) groups is 1. The number of hydrogen-bond donors (Lipinski definition) is 1. The van der Waals surface area contributed by atoms with Gasteiger partial charge >= 0.3 is 0 Å². The number of carbonyl (C=O) groups excluding carboxylic acids is 1. The quantitative estimate of drug-likeness (QED) is 0.657. The first-order chi connectivity index (χ1) is 12.1. The largest absolute Gasteiger partial charge is 0.302 e. The third-order valence-corrected chi connectivity index (χ3v) is 4.60. The minimum atomic E-state index is -0.123. The van der Waals surface area contributed by atoms with Gasteiger partial charge < -0.3 is 5.32 Å². The maximum absolute atomic E-state index is 12.3. The van der Waals surface area contributed by atoms with Crippen LogP contribution in [0.3, 0.4) is 0 Å². The zero-order valence-corrected chi connectivity index (χ0v) is 14.8. The fourth-order valence-corrected chi connectivity index (χ4v) is 3.17. The third-order valence-electron chi connectivity index (χ3n) is 3.77. The van der Waals surface area contributed by atoms with Gasteiger partial charge in [0.2, 0.25) is 5.91 Å². The monoisotopic (exact) mass is 357 g/mol. The minimum Gasteiger partial charge on any atom is -0.302 e. The van der Waals surface area contributed by atoms with Crippen molar-refractivity contribution in [2.45, 2.75) is 39.2 Å². The number of unbranched alkanes of at least 4 members (excludes halogenated alkanes) is 2. The Kier molecular flexibility index (Phi) is 5.49. The number of aryl methyl sites for hydroxylation is 2. The van der Waals surface area contributed by atoms with Gasteiger partial charge in [-0.2, -0.15) is 0 Å². The fraction of sp³-hybridized carbons (Fsp3) is 0.353. The summed E-state index contributed by atoms with van der Waals surface area (Å²) < 4.78 is 1.39. The highest BCUT2D eigenvalue weighted by atomic mass is 32.1. The standard InChI is InChI=1S/C17H19N5O2S/c1-12-11-18-17(25-12)19-15(23)9-3-2-6-10-22-16(24)13-7-4-5-8-14(13)20-21-22/h4-5,7-8,11H,2-3,6,9-10H2,1H3,(H,18,19,23). The molecule has 130 valence electrons. The Morgan fingerprint density at radius 3 is 2.88 bits per heavy atom. The van der Waals surface area contributed by atoms with Gasteiger partial charge in [-0.15, -0.1) is 16.4 Å². The lowest BCUT2D eigenvalue weighted by molar-refractivity contribution is -0.116. The molecule has 0 aliphatic rings. The summed E-state index contributed by atoms with van der Waals surface area (Å²) in [5.74, 6) is -0.0305. The molecular weight excluding hydrogens is 338 g/mol. The number of nitrogens with one attached hydrogen (secondary N) is 1. The summed E-state index contributed by atoms with van der Waals surface area (Å²) in [7, 11) is 0. The summed E-state index contributed by atoms with van der Waals surface area (Å²) in [6.45, 7) is 2.45. The van der Waals surface area contributed by atoms with Gasteiger partial charge in [0.25, 0.3) is 5.56 Å². The van der Waals surface area contributed by atoms with E-state index in [9.17, 15) is 9.59 Å². The molecule has 0 atom stereocenters. The van der Waals surface area contributed by atoms with Gasteiger partial charge in [-0.1, -0.05) is 23.8 Å². The molecule has 3 rings (SSSR count). The molecule has 25 heavy (non-hydrogen) atoms. The highest BCUT2D eigenvalue weighted by Gasteiger charge is 2.07. The normalized spacial score (nSPS) is 10.9. The van der Waals surface area contributed by atoms with Crippen LogP contribution in [0.5, 0.6) is 0 Å². The summed E-state index contributed by atoms with van der Waals surface area (Å²) in [5, 5.41) is 12.0. The van der Waals surface area contributed by atoms with E-state index in [1.807, 2.05) is 19.1 Å².